The average Bonchev–Trinajstić information content (AvgIpc) is 3.10. The minimum Gasteiger partial charge on any atom is -0.392 e. The molecule has 1 fully saturated rings. The van der Waals surface area contributed by atoms with Crippen LogP contribution in [-0.2, 0) is 31.4 Å². The van der Waals surface area contributed by atoms with Crippen LogP contribution in [0, 0.1) is 0 Å². The van der Waals surface area contributed by atoms with E-state index < -0.39 is 42.8 Å². The third-order valence-electron chi connectivity index (χ3n) is 5.42. The Morgan fingerprint density at radius 2 is 1.97 bits per heavy atom. The van der Waals surface area contributed by atoms with Gasteiger partial charge in [-0.05, 0) is 12.0 Å². The van der Waals surface area contributed by atoms with Crippen LogP contribution in [0.25, 0.3) is 0 Å². The van der Waals surface area contributed by atoms with Crippen molar-refractivity contribution in [1.29, 1.82) is 0 Å². The van der Waals surface area contributed by atoms with Crippen LogP contribution in [0.15, 0.2) is 35.1 Å². The van der Waals surface area contributed by atoms with E-state index >= 15 is 0 Å². The zero-order valence-corrected chi connectivity index (χ0v) is 17.5. The number of aliphatic hydroxyl groups is 1. The first-order valence-electron chi connectivity index (χ1n) is 9.56. The third kappa shape index (κ3) is 4.91. The Labute approximate surface area is 181 Å². The lowest BCUT2D eigenvalue weighted by molar-refractivity contribution is -0.194. The molecule has 2 heterocycles. The molecule has 1 saturated heterocycles. The van der Waals surface area contributed by atoms with Gasteiger partial charge in [-0.1, -0.05) is 41.9 Å². The standard InChI is InChI=1S/C20H22ClF3N4O3/c1-27-18(31)14(15(11-29)17(21)26-27)9-16(30)25-19(20(22,23)24)7-8-28(12-19)10-13-5-3-2-4-6-13/h2-6,29H,7-12H2,1H3,(H,25,30). The van der Waals surface area contributed by atoms with E-state index in [9.17, 15) is 27.9 Å². The van der Waals surface area contributed by atoms with Crippen molar-refractivity contribution in [2.75, 3.05) is 13.1 Å². The number of rotatable bonds is 6. The maximum Gasteiger partial charge on any atom is 0.412 e. The van der Waals surface area contributed by atoms with Gasteiger partial charge < -0.3 is 10.4 Å². The molecule has 1 aliphatic heterocycles. The van der Waals surface area contributed by atoms with E-state index in [4.69, 9.17) is 11.6 Å². The first-order chi connectivity index (χ1) is 14.6. The molecule has 31 heavy (non-hydrogen) atoms. The topological polar surface area (TPSA) is 87.5 Å². The Bertz CT molecular complexity index is 1010. The summed E-state index contributed by atoms with van der Waals surface area (Å²) in [5.41, 5.74) is -2.52. The highest BCUT2D eigenvalue weighted by Crippen LogP contribution is 2.38. The minimum atomic E-state index is -4.69. The molecule has 0 aliphatic carbocycles. The van der Waals surface area contributed by atoms with Gasteiger partial charge in [0.15, 0.2) is 5.15 Å². The van der Waals surface area contributed by atoms with Crippen molar-refractivity contribution in [3.05, 3.63) is 62.5 Å². The summed E-state index contributed by atoms with van der Waals surface area (Å²) >= 11 is 5.91. The predicted octanol–water partition coefficient (Wildman–Crippen LogP) is 1.79. The number of halogens is 4. The molecule has 1 aromatic carbocycles. The number of benzene rings is 1. The Morgan fingerprint density at radius 3 is 2.58 bits per heavy atom. The van der Waals surface area contributed by atoms with E-state index in [0.29, 0.717) is 6.54 Å². The molecule has 7 nitrogen and oxygen atoms in total. The first kappa shape index (κ1) is 23.2. The van der Waals surface area contributed by atoms with Crippen molar-refractivity contribution in [2.24, 2.45) is 7.05 Å². The van der Waals surface area contributed by atoms with Gasteiger partial charge in [0.05, 0.1) is 13.0 Å². The lowest BCUT2D eigenvalue weighted by Crippen LogP contribution is -2.60. The zero-order valence-electron chi connectivity index (χ0n) is 16.7. The highest BCUT2D eigenvalue weighted by Gasteiger charge is 2.58. The van der Waals surface area contributed by atoms with E-state index in [2.05, 4.69) is 10.4 Å². The highest BCUT2D eigenvalue weighted by atomic mass is 35.5. The van der Waals surface area contributed by atoms with Crippen molar-refractivity contribution in [3.63, 3.8) is 0 Å². The lowest BCUT2D eigenvalue weighted by Gasteiger charge is -2.33. The second kappa shape index (κ2) is 8.97. The fourth-order valence-corrected chi connectivity index (χ4v) is 4.06. The van der Waals surface area contributed by atoms with E-state index in [0.717, 1.165) is 10.2 Å². The highest BCUT2D eigenvalue weighted by molar-refractivity contribution is 6.30. The number of nitrogens with zero attached hydrogens (tertiary/aromatic N) is 3. The zero-order chi connectivity index (χ0) is 22.8. The Hall–Kier alpha value is -2.43. The van der Waals surface area contributed by atoms with Gasteiger partial charge in [-0.15, -0.1) is 0 Å². The number of hydrogen-bond acceptors (Lipinski definition) is 5. The molecular formula is C20H22ClF3N4O3. The summed E-state index contributed by atoms with van der Waals surface area (Å²) in [6.07, 6.45) is -5.65. The average molecular weight is 459 g/mol. The van der Waals surface area contributed by atoms with Crippen LogP contribution in [0.3, 0.4) is 0 Å². The monoisotopic (exact) mass is 458 g/mol. The van der Waals surface area contributed by atoms with Gasteiger partial charge in [0.25, 0.3) is 5.56 Å². The van der Waals surface area contributed by atoms with Crippen molar-refractivity contribution in [1.82, 2.24) is 20.0 Å². The fourth-order valence-electron chi connectivity index (χ4n) is 3.77. The first-order valence-corrected chi connectivity index (χ1v) is 9.93. The molecule has 168 valence electrons. The SMILES string of the molecule is Cn1nc(Cl)c(CO)c(CC(=O)NC2(C(F)(F)F)CCN(Cc3ccccc3)C2)c1=O. The second-order valence-corrected chi connectivity index (χ2v) is 7.94. The quantitative estimate of drug-likeness (QED) is 0.689. The van der Waals surface area contributed by atoms with Gasteiger partial charge in [0, 0.05) is 37.8 Å². The van der Waals surface area contributed by atoms with Crippen molar-refractivity contribution < 1.29 is 23.1 Å². The van der Waals surface area contributed by atoms with Crippen LogP contribution >= 0.6 is 11.6 Å². The van der Waals surface area contributed by atoms with Crippen LogP contribution in [0.1, 0.15) is 23.1 Å². The number of alkyl halides is 3. The number of nitrogens with one attached hydrogen (secondary N) is 1. The maximum absolute atomic E-state index is 14.0. The Balaban J connectivity index is 1.80. The molecule has 1 atom stereocenters. The second-order valence-electron chi connectivity index (χ2n) is 7.59. The van der Waals surface area contributed by atoms with Gasteiger partial charge >= 0.3 is 6.18 Å². The number of carbonyl (C=O) groups excluding carboxylic acids is 1. The summed E-state index contributed by atoms with van der Waals surface area (Å²) in [7, 11) is 1.30. The summed E-state index contributed by atoms with van der Waals surface area (Å²) in [5.74, 6) is -0.979. The summed E-state index contributed by atoms with van der Waals surface area (Å²) in [5, 5.41) is 15.1. The number of hydrogen-bond donors (Lipinski definition) is 2. The smallest absolute Gasteiger partial charge is 0.392 e. The van der Waals surface area contributed by atoms with Crippen LogP contribution < -0.4 is 10.9 Å². The largest absolute Gasteiger partial charge is 0.412 e. The van der Waals surface area contributed by atoms with Crippen molar-refractivity contribution >= 4 is 17.5 Å². The molecule has 1 aromatic heterocycles. The molecule has 2 N–H and O–H groups in total. The molecule has 1 unspecified atom stereocenters. The lowest BCUT2D eigenvalue weighted by atomic mass is 9.96. The number of amides is 1. The molecule has 1 amide bonds. The van der Waals surface area contributed by atoms with E-state index in [1.54, 1.807) is 4.90 Å². The number of carbonyl (C=O) groups is 1. The third-order valence-corrected chi connectivity index (χ3v) is 5.72. The Morgan fingerprint density at radius 1 is 1.29 bits per heavy atom. The molecular weight excluding hydrogens is 437 g/mol. The summed E-state index contributed by atoms with van der Waals surface area (Å²) in [6, 6.07) is 9.09. The molecule has 2 aromatic rings. The molecule has 1 aliphatic rings. The van der Waals surface area contributed by atoms with Crippen molar-refractivity contribution in [3.8, 4) is 0 Å². The normalized spacial score (nSPS) is 19.5. The van der Waals surface area contributed by atoms with Crippen LogP contribution in [0.4, 0.5) is 13.2 Å². The number of aliphatic hydroxyl groups excluding tert-OH is 1. The van der Waals surface area contributed by atoms with Gasteiger partial charge in [-0.25, -0.2) is 4.68 Å². The number of likely N-dealkylation sites (tertiary alicyclic amines) is 1. The summed E-state index contributed by atoms with van der Waals surface area (Å²) in [4.78, 5) is 26.6. The molecule has 11 heteroatoms. The summed E-state index contributed by atoms with van der Waals surface area (Å²) < 4.78 is 42.9. The van der Waals surface area contributed by atoms with Gasteiger partial charge in [0.2, 0.25) is 5.91 Å². The van der Waals surface area contributed by atoms with Crippen LogP contribution in [0.2, 0.25) is 5.15 Å². The molecule has 0 saturated carbocycles. The fraction of sp³-hybridized carbons (Fsp3) is 0.450. The predicted molar refractivity (Wildman–Crippen MR) is 107 cm³/mol. The summed E-state index contributed by atoms with van der Waals surface area (Å²) in [6.45, 7) is -0.595. The number of aryl methyl sites for hydroxylation is 1. The minimum absolute atomic E-state index is 0.0712. The van der Waals surface area contributed by atoms with Crippen LogP contribution in [-0.4, -0.2) is 50.5 Å². The van der Waals surface area contributed by atoms with Gasteiger partial charge in [0.1, 0.15) is 5.54 Å². The van der Waals surface area contributed by atoms with E-state index in [1.807, 2.05) is 30.3 Å². The number of aromatic nitrogens is 2. The molecule has 3 rings (SSSR count). The maximum atomic E-state index is 14.0. The van der Waals surface area contributed by atoms with E-state index in [1.165, 1.54) is 7.05 Å². The van der Waals surface area contributed by atoms with E-state index in [-0.39, 0.29) is 29.2 Å². The molecule has 0 spiro atoms. The molecule has 0 radical (unpaired) electrons. The Kier molecular flexibility index (Phi) is 6.73. The van der Waals surface area contributed by atoms with Crippen LogP contribution in [0.5, 0.6) is 0 Å². The van der Waals surface area contributed by atoms with Gasteiger partial charge in [-0.2, -0.15) is 18.3 Å². The van der Waals surface area contributed by atoms with Crippen molar-refractivity contribution in [2.45, 2.75) is 37.7 Å². The molecule has 0 bridgehead atoms. The van der Waals surface area contributed by atoms with Gasteiger partial charge in [-0.3, -0.25) is 14.5 Å².